The molecule has 1 fully saturated rings. The molecule has 8 heteroatoms. The molecule has 0 aromatic carbocycles. The zero-order chi connectivity index (χ0) is 16.5. The second-order valence-electron chi connectivity index (χ2n) is 6.14. The second-order valence-corrected chi connectivity index (χ2v) is 7.92. The maximum Gasteiger partial charge on any atom is 0.259 e. The fourth-order valence-corrected chi connectivity index (χ4v) is 3.56. The number of rotatable bonds is 4. The first-order valence-electron chi connectivity index (χ1n) is 7.41. The van der Waals surface area contributed by atoms with E-state index >= 15 is 0 Å². The first-order chi connectivity index (χ1) is 10.2. The standard InChI is InChI=1S/C14H23N3O4S/c1-9(2)13-12(10(3)15-21-13)14(18)17-7-5-6-11(8-17)16-22(4,19)20/h9,11,16H,5-8H2,1-4H3/t11-/m1/s1. The zero-order valence-corrected chi connectivity index (χ0v) is 14.2. The summed E-state index contributed by atoms with van der Waals surface area (Å²) in [5.41, 5.74) is 1.09. The number of piperidine rings is 1. The third-order valence-corrected chi connectivity index (χ3v) is 4.48. The van der Waals surface area contributed by atoms with Gasteiger partial charge in [0.1, 0.15) is 5.56 Å². The lowest BCUT2D eigenvalue weighted by Crippen LogP contribution is -2.49. The molecule has 1 aliphatic rings. The van der Waals surface area contributed by atoms with Gasteiger partial charge in [-0.25, -0.2) is 13.1 Å². The van der Waals surface area contributed by atoms with Gasteiger partial charge in [-0.2, -0.15) is 0 Å². The average Bonchev–Trinajstić information content (AvgIpc) is 2.78. The van der Waals surface area contributed by atoms with Gasteiger partial charge < -0.3 is 9.42 Å². The predicted octanol–water partition coefficient (Wildman–Crippen LogP) is 1.26. The van der Waals surface area contributed by atoms with Gasteiger partial charge in [-0.15, -0.1) is 0 Å². The third-order valence-electron chi connectivity index (χ3n) is 3.72. The summed E-state index contributed by atoms with van der Waals surface area (Å²) in [5, 5.41) is 3.90. The van der Waals surface area contributed by atoms with Crippen LogP contribution in [0.15, 0.2) is 4.52 Å². The number of nitrogens with one attached hydrogen (secondary N) is 1. The largest absolute Gasteiger partial charge is 0.360 e. The number of carbonyl (C=O) groups is 1. The van der Waals surface area contributed by atoms with Crippen molar-refractivity contribution < 1.29 is 17.7 Å². The minimum absolute atomic E-state index is 0.0647. The quantitative estimate of drug-likeness (QED) is 0.898. The molecule has 1 atom stereocenters. The maximum atomic E-state index is 12.8. The van der Waals surface area contributed by atoms with Crippen molar-refractivity contribution >= 4 is 15.9 Å². The summed E-state index contributed by atoms with van der Waals surface area (Å²) in [6.45, 7) is 6.62. The first kappa shape index (κ1) is 17.0. The van der Waals surface area contributed by atoms with E-state index in [4.69, 9.17) is 4.52 Å². The average molecular weight is 329 g/mol. The van der Waals surface area contributed by atoms with Crippen molar-refractivity contribution in [2.75, 3.05) is 19.3 Å². The molecule has 1 aromatic rings. The molecule has 2 heterocycles. The highest BCUT2D eigenvalue weighted by molar-refractivity contribution is 7.88. The smallest absolute Gasteiger partial charge is 0.259 e. The number of sulfonamides is 1. The molecule has 0 bridgehead atoms. The molecule has 1 aliphatic heterocycles. The van der Waals surface area contributed by atoms with Gasteiger partial charge in [0.2, 0.25) is 10.0 Å². The lowest BCUT2D eigenvalue weighted by Gasteiger charge is -2.32. The molecule has 22 heavy (non-hydrogen) atoms. The van der Waals surface area contributed by atoms with E-state index < -0.39 is 10.0 Å². The Hall–Kier alpha value is -1.41. The van der Waals surface area contributed by atoms with Crippen LogP contribution in [0.5, 0.6) is 0 Å². The minimum atomic E-state index is -3.28. The Balaban J connectivity index is 2.18. The maximum absolute atomic E-state index is 12.8. The van der Waals surface area contributed by atoms with Crippen LogP contribution in [0.3, 0.4) is 0 Å². The van der Waals surface area contributed by atoms with E-state index in [1.807, 2.05) is 13.8 Å². The molecule has 0 aliphatic carbocycles. The van der Waals surface area contributed by atoms with Crippen molar-refractivity contribution in [2.45, 2.75) is 45.6 Å². The van der Waals surface area contributed by atoms with Crippen LogP contribution in [0.4, 0.5) is 0 Å². The minimum Gasteiger partial charge on any atom is -0.360 e. The molecular weight excluding hydrogens is 306 g/mol. The summed E-state index contributed by atoms with van der Waals surface area (Å²) < 4.78 is 30.6. The Kier molecular flexibility index (Phi) is 4.91. The molecule has 2 rings (SSSR count). The van der Waals surface area contributed by atoms with Gasteiger partial charge in [-0.1, -0.05) is 19.0 Å². The Morgan fingerprint density at radius 2 is 2.14 bits per heavy atom. The van der Waals surface area contributed by atoms with E-state index in [-0.39, 0.29) is 17.9 Å². The van der Waals surface area contributed by atoms with Gasteiger partial charge >= 0.3 is 0 Å². The second kappa shape index (κ2) is 6.37. The van der Waals surface area contributed by atoms with Gasteiger partial charge in [-0.3, -0.25) is 4.79 Å². The monoisotopic (exact) mass is 329 g/mol. The van der Waals surface area contributed by atoms with E-state index in [0.29, 0.717) is 30.1 Å². The summed E-state index contributed by atoms with van der Waals surface area (Å²) >= 11 is 0. The van der Waals surface area contributed by atoms with Gasteiger partial charge in [-0.05, 0) is 19.8 Å². The molecule has 0 unspecified atom stereocenters. The Morgan fingerprint density at radius 3 is 2.73 bits per heavy atom. The molecule has 1 N–H and O–H groups in total. The molecule has 124 valence electrons. The lowest BCUT2D eigenvalue weighted by molar-refractivity contribution is 0.0699. The van der Waals surface area contributed by atoms with E-state index in [1.54, 1.807) is 11.8 Å². The molecule has 7 nitrogen and oxygen atoms in total. The molecule has 1 amide bonds. The molecule has 0 spiro atoms. The number of hydrogen-bond donors (Lipinski definition) is 1. The number of likely N-dealkylation sites (tertiary alicyclic amines) is 1. The molecule has 1 aromatic heterocycles. The number of amides is 1. The van der Waals surface area contributed by atoms with Gasteiger partial charge in [0.05, 0.1) is 11.9 Å². The van der Waals surface area contributed by atoms with E-state index in [1.165, 1.54) is 0 Å². The van der Waals surface area contributed by atoms with Gasteiger partial charge in [0.15, 0.2) is 5.76 Å². The number of carbonyl (C=O) groups excluding carboxylic acids is 1. The molecule has 0 radical (unpaired) electrons. The Morgan fingerprint density at radius 1 is 1.45 bits per heavy atom. The van der Waals surface area contributed by atoms with Crippen molar-refractivity contribution in [2.24, 2.45) is 0 Å². The highest BCUT2D eigenvalue weighted by Crippen LogP contribution is 2.25. The van der Waals surface area contributed by atoms with Crippen LogP contribution >= 0.6 is 0 Å². The van der Waals surface area contributed by atoms with Crippen molar-refractivity contribution in [3.8, 4) is 0 Å². The van der Waals surface area contributed by atoms with Crippen LogP contribution in [-0.4, -0.2) is 49.8 Å². The van der Waals surface area contributed by atoms with Gasteiger partial charge in [0.25, 0.3) is 5.91 Å². The van der Waals surface area contributed by atoms with E-state index in [0.717, 1.165) is 19.1 Å². The van der Waals surface area contributed by atoms with Gasteiger partial charge in [0, 0.05) is 25.0 Å². The fraction of sp³-hybridized carbons (Fsp3) is 0.714. The van der Waals surface area contributed by atoms with Crippen LogP contribution in [0.2, 0.25) is 0 Å². The van der Waals surface area contributed by atoms with Crippen molar-refractivity contribution in [3.63, 3.8) is 0 Å². The van der Waals surface area contributed by atoms with Crippen molar-refractivity contribution in [1.29, 1.82) is 0 Å². The summed E-state index contributed by atoms with van der Waals surface area (Å²) in [4.78, 5) is 14.4. The van der Waals surface area contributed by atoms with Crippen LogP contribution < -0.4 is 4.72 Å². The summed E-state index contributed by atoms with van der Waals surface area (Å²) in [6.07, 6.45) is 2.63. The third kappa shape index (κ3) is 3.86. The van der Waals surface area contributed by atoms with E-state index in [9.17, 15) is 13.2 Å². The molecule has 1 saturated heterocycles. The number of aryl methyl sites for hydroxylation is 1. The molecule has 0 saturated carbocycles. The normalized spacial score (nSPS) is 19.7. The number of hydrogen-bond acceptors (Lipinski definition) is 5. The fourth-order valence-electron chi connectivity index (χ4n) is 2.76. The van der Waals surface area contributed by atoms with E-state index in [2.05, 4.69) is 9.88 Å². The van der Waals surface area contributed by atoms with Crippen LogP contribution in [0, 0.1) is 6.92 Å². The Labute approximate surface area is 131 Å². The first-order valence-corrected chi connectivity index (χ1v) is 9.31. The zero-order valence-electron chi connectivity index (χ0n) is 13.4. The molecular formula is C14H23N3O4S. The van der Waals surface area contributed by atoms with Crippen LogP contribution in [0.1, 0.15) is 54.4 Å². The number of aromatic nitrogens is 1. The topological polar surface area (TPSA) is 92.5 Å². The summed E-state index contributed by atoms with van der Waals surface area (Å²) in [5.74, 6) is 0.512. The lowest BCUT2D eigenvalue weighted by atomic mass is 10.0. The predicted molar refractivity (Wildman–Crippen MR) is 82.2 cm³/mol. The van der Waals surface area contributed by atoms with Crippen molar-refractivity contribution in [1.82, 2.24) is 14.8 Å². The van der Waals surface area contributed by atoms with Crippen LogP contribution in [-0.2, 0) is 10.0 Å². The Bertz CT molecular complexity index is 651. The highest BCUT2D eigenvalue weighted by Gasteiger charge is 2.30. The SMILES string of the molecule is Cc1noc(C(C)C)c1C(=O)N1CCC[C@@H](NS(C)(=O)=O)C1. The summed E-state index contributed by atoms with van der Waals surface area (Å²) in [6, 6.07) is -0.240. The van der Waals surface area contributed by atoms with Crippen molar-refractivity contribution in [3.05, 3.63) is 17.0 Å². The highest BCUT2D eigenvalue weighted by atomic mass is 32.2. The number of nitrogens with zero attached hydrogens (tertiary/aromatic N) is 2. The van der Waals surface area contributed by atoms with Crippen LogP contribution in [0.25, 0.3) is 0 Å². The summed E-state index contributed by atoms with van der Waals surface area (Å²) in [7, 11) is -3.28.